The second kappa shape index (κ2) is 12.9. The van der Waals surface area contributed by atoms with E-state index in [9.17, 15) is 14.0 Å². The van der Waals surface area contributed by atoms with Crippen molar-refractivity contribution in [3.63, 3.8) is 0 Å². The van der Waals surface area contributed by atoms with Crippen LogP contribution in [0, 0.1) is 11.8 Å². The van der Waals surface area contributed by atoms with Crippen LogP contribution in [0.15, 0.2) is 0 Å². The molecule has 0 aliphatic heterocycles. The lowest BCUT2D eigenvalue weighted by molar-refractivity contribution is -0.125. The molecule has 8 heteroatoms. The molecule has 0 bridgehead atoms. The lowest BCUT2D eigenvalue weighted by atomic mass is 10.0. The minimum Gasteiger partial charge on any atom is -0.449 e. The lowest BCUT2D eigenvalue weighted by Crippen LogP contribution is -2.45. The van der Waals surface area contributed by atoms with Gasteiger partial charge in [-0.2, -0.15) is 0 Å². The van der Waals surface area contributed by atoms with Crippen LogP contribution in [0.5, 0.6) is 0 Å². The minimum absolute atomic E-state index is 0.0900. The molecule has 0 rings (SSSR count). The van der Waals surface area contributed by atoms with Crippen LogP contribution in [0.3, 0.4) is 0 Å². The number of ether oxygens (including phenoxy) is 3. The van der Waals surface area contributed by atoms with Gasteiger partial charge in [-0.25, -0.2) is 9.18 Å². The number of rotatable bonds is 13. The van der Waals surface area contributed by atoms with Gasteiger partial charge in [0, 0.05) is 12.5 Å². The van der Waals surface area contributed by atoms with Crippen molar-refractivity contribution in [1.82, 2.24) is 10.6 Å². The van der Waals surface area contributed by atoms with E-state index in [-0.39, 0.29) is 37.5 Å². The van der Waals surface area contributed by atoms with E-state index in [1.165, 1.54) is 0 Å². The number of halogens is 1. The summed E-state index contributed by atoms with van der Waals surface area (Å²) in [4.78, 5) is 22.8. The highest BCUT2D eigenvalue weighted by Crippen LogP contribution is 2.17. The van der Waals surface area contributed by atoms with E-state index in [1.807, 2.05) is 13.8 Å². The number of carbonyl (C=O) groups excluding carboxylic acids is 2. The van der Waals surface area contributed by atoms with Crippen molar-refractivity contribution in [3.05, 3.63) is 0 Å². The zero-order valence-corrected chi connectivity index (χ0v) is 16.9. The van der Waals surface area contributed by atoms with Crippen molar-refractivity contribution in [2.75, 3.05) is 39.5 Å². The first kappa shape index (κ1) is 24.6. The first-order chi connectivity index (χ1) is 12.1. The average molecular weight is 378 g/mol. The maximum atomic E-state index is 14.2. The Kier molecular flexibility index (Phi) is 12.2. The summed E-state index contributed by atoms with van der Waals surface area (Å²) >= 11 is 0. The lowest BCUT2D eigenvalue weighted by Gasteiger charge is -2.29. The van der Waals surface area contributed by atoms with Crippen LogP contribution in [-0.2, 0) is 19.0 Å². The van der Waals surface area contributed by atoms with Crippen LogP contribution in [0.2, 0.25) is 0 Å². The van der Waals surface area contributed by atoms with Crippen LogP contribution in [0.1, 0.15) is 41.5 Å². The Bertz CT molecular complexity index is 416. The molecule has 0 radical (unpaired) electrons. The van der Waals surface area contributed by atoms with Crippen molar-refractivity contribution in [1.29, 1.82) is 0 Å². The molecule has 0 aromatic heterocycles. The quantitative estimate of drug-likeness (QED) is 0.480. The number of alkyl halides is 1. The van der Waals surface area contributed by atoms with Crippen molar-refractivity contribution < 1.29 is 28.2 Å². The van der Waals surface area contributed by atoms with E-state index >= 15 is 0 Å². The molecule has 0 saturated carbocycles. The number of amides is 2. The number of carbonyl (C=O) groups is 2. The van der Waals surface area contributed by atoms with Gasteiger partial charge in [-0.3, -0.25) is 4.79 Å². The molecule has 0 aliphatic rings. The molecule has 0 aromatic carbocycles. The van der Waals surface area contributed by atoms with E-state index in [4.69, 9.17) is 14.2 Å². The fourth-order valence-corrected chi connectivity index (χ4v) is 1.71. The first-order valence-electron chi connectivity index (χ1n) is 9.10. The topological polar surface area (TPSA) is 85.9 Å². The summed E-state index contributed by atoms with van der Waals surface area (Å²) in [5.41, 5.74) is -1.04. The fraction of sp³-hybridized carbons (Fsp3) is 0.889. The predicted molar refractivity (Wildman–Crippen MR) is 97.8 cm³/mol. The van der Waals surface area contributed by atoms with E-state index in [2.05, 4.69) is 10.6 Å². The number of alkyl carbamates (subject to hydrolysis) is 1. The SMILES string of the molecule is CC(C)COC(=O)NCCOCCOC(C)(C)C(F)CNC(=O)C(C)C. The third-order valence-electron chi connectivity index (χ3n) is 3.50. The predicted octanol–water partition coefficient (Wildman–Crippen LogP) is 2.29. The molecule has 154 valence electrons. The molecule has 0 heterocycles. The minimum atomic E-state index is -1.33. The summed E-state index contributed by atoms with van der Waals surface area (Å²) < 4.78 is 30.0. The van der Waals surface area contributed by atoms with Gasteiger partial charge in [-0.15, -0.1) is 0 Å². The van der Waals surface area contributed by atoms with Gasteiger partial charge in [0.25, 0.3) is 0 Å². The summed E-state index contributed by atoms with van der Waals surface area (Å²) in [7, 11) is 0. The Labute approximate surface area is 156 Å². The molecule has 0 aliphatic carbocycles. The van der Waals surface area contributed by atoms with Gasteiger partial charge in [0.15, 0.2) is 0 Å². The summed E-state index contributed by atoms with van der Waals surface area (Å²) in [6.45, 7) is 12.1. The Morgan fingerprint density at radius 2 is 1.69 bits per heavy atom. The van der Waals surface area contributed by atoms with Gasteiger partial charge < -0.3 is 24.8 Å². The molecule has 7 nitrogen and oxygen atoms in total. The van der Waals surface area contributed by atoms with Gasteiger partial charge in [-0.1, -0.05) is 27.7 Å². The molecule has 1 unspecified atom stereocenters. The number of hydrogen-bond acceptors (Lipinski definition) is 5. The summed E-state index contributed by atoms with van der Waals surface area (Å²) in [6.07, 6.45) is -1.80. The summed E-state index contributed by atoms with van der Waals surface area (Å²) in [5.74, 6) is -0.0855. The Hall–Kier alpha value is -1.41. The molecule has 2 amide bonds. The van der Waals surface area contributed by atoms with Crippen LogP contribution >= 0.6 is 0 Å². The van der Waals surface area contributed by atoms with Gasteiger partial charge >= 0.3 is 6.09 Å². The van der Waals surface area contributed by atoms with Crippen molar-refractivity contribution in [3.8, 4) is 0 Å². The first-order valence-corrected chi connectivity index (χ1v) is 9.10. The molecule has 26 heavy (non-hydrogen) atoms. The Morgan fingerprint density at radius 1 is 1.04 bits per heavy atom. The second-order valence-corrected chi connectivity index (χ2v) is 7.35. The Morgan fingerprint density at radius 3 is 2.27 bits per heavy atom. The van der Waals surface area contributed by atoms with E-state index < -0.39 is 17.9 Å². The van der Waals surface area contributed by atoms with Gasteiger partial charge in [-0.05, 0) is 19.8 Å². The normalized spacial score (nSPS) is 13.0. The molecule has 0 saturated heterocycles. The highest BCUT2D eigenvalue weighted by Gasteiger charge is 2.30. The van der Waals surface area contributed by atoms with E-state index in [0.29, 0.717) is 19.8 Å². The average Bonchev–Trinajstić information content (AvgIpc) is 2.56. The maximum Gasteiger partial charge on any atom is 0.407 e. The molecular weight excluding hydrogens is 343 g/mol. The van der Waals surface area contributed by atoms with Crippen LogP contribution in [0.4, 0.5) is 9.18 Å². The van der Waals surface area contributed by atoms with Crippen molar-refractivity contribution >= 4 is 12.0 Å². The zero-order chi connectivity index (χ0) is 20.2. The van der Waals surface area contributed by atoms with Crippen LogP contribution < -0.4 is 10.6 Å². The molecule has 0 fully saturated rings. The Balaban J connectivity index is 3.78. The van der Waals surface area contributed by atoms with Crippen molar-refractivity contribution in [2.24, 2.45) is 11.8 Å². The molecule has 2 N–H and O–H groups in total. The molecule has 0 aromatic rings. The second-order valence-electron chi connectivity index (χ2n) is 7.35. The van der Waals surface area contributed by atoms with Crippen LogP contribution in [-0.4, -0.2) is 63.3 Å². The molecule has 0 spiro atoms. The highest BCUT2D eigenvalue weighted by molar-refractivity contribution is 5.77. The summed E-state index contributed by atoms with van der Waals surface area (Å²) in [5, 5.41) is 5.13. The van der Waals surface area contributed by atoms with Gasteiger partial charge in [0.2, 0.25) is 5.91 Å². The smallest absolute Gasteiger partial charge is 0.407 e. The zero-order valence-electron chi connectivity index (χ0n) is 16.9. The third kappa shape index (κ3) is 12.0. The highest BCUT2D eigenvalue weighted by atomic mass is 19.1. The van der Waals surface area contributed by atoms with Gasteiger partial charge in [0.05, 0.1) is 38.6 Å². The van der Waals surface area contributed by atoms with Crippen LogP contribution in [0.25, 0.3) is 0 Å². The van der Waals surface area contributed by atoms with Crippen molar-refractivity contribution in [2.45, 2.75) is 53.3 Å². The maximum absolute atomic E-state index is 14.2. The number of nitrogens with one attached hydrogen (secondary N) is 2. The van der Waals surface area contributed by atoms with E-state index in [1.54, 1.807) is 27.7 Å². The van der Waals surface area contributed by atoms with E-state index in [0.717, 1.165) is 0 Å². The summed E-state index contributed by atoms with van der Waals surface area (Å²) in [6, 6.07) is 0. The molecule has 1 atom stereocenters. The number of hydrogen-bond donors (Lipinski definition) is 2. The fourth-order valence-electron chi connectivity index (χ4n) is 1.71. The standard InChI is InChI=1S/C18H35FN2O5/c1-13(2)12-25-17(23)20-7-8-24-9-10-26-18(5,6)15(19)11-21-16(22)14(3)4/h13-15H,7-12H2,1-6H3,(H,20,23)(H,21,22). The monoisotopic (exact) mass is 378 g/mol. The third-order valence-corrected chi connectivity index (χ3v) is 3.50. The van der Waals surface area contributed by atoms with Gasteiger partial charge in [0.1, 0.15) is 6.17 Å². The molecular formula is C18H35FN2O5. The largest absolute Gasteiger partial charge is 0.449 e.